The molecule has 0 fully saturated rings. The number of halogens is 2. The Morgan fingerprint density at radius 2 is 2.04 bits per heavy atom. The molecule has 2 N–H and O–H groups in total. The van der Waals surface area contributed by atoms with Crippen LogP contribution < -0.4 is 10.5 Å². The Morgan fingerprint density at radius 3 is 2.65 bits per heavy atom. The number of carbonyl (C=O) groups is 1. The minimum Gasteiger partial charge on any atom is -0.452 e. The third-order valence-corrected chi connectivity index (χ3v) is 3.26. The fourth-order valence-corrected chi connectivity index (χ4v) is 2.35. The van der Waals surface area contributed by atoms with E-state index in [1.165, 1.54) is 24.3 Å². The predicted molar refractivity (Wildman–Crippen MR) is 75.5 cm³/mol. The van der Waals surface area contributed by atoms with E-state index in [0.29, 0.717) is 0 Å². The molecule has 0 aliphatic carbocycles. The Morgan fingerprint density at radius 1 is 1.30 bits per heavy atom. The molecule has 0 unspecified atom stereocenters. The average Bonchev–Trinajstić information content (AvgIpc) is 2.85. The zero-order valence-corrected chi connectivity index (χ0v) is 11.3. The molecular formula is C14H8F2N2O5. The van der Waals surface area contributed by atoms with Crippen molar-refractivity contribution >= 4 is 33.5 Å². The maximum Gasteiger partial charge on any atom is 0.387 e. The van der Waals surface area contributed by atoms with Crippen molar-refractivity contribution in [1.82, 2.24) is 0 Å². The fraction of sp³-hybridized carbons (Fsp3) is 0.0714. The number of ether oxygens (including phenoxy) is 1. The SMILES string of the molecule is NC(=O)c1ccc(OC(F)F)c2oc3ccc([N+](=O)[O-])cc3c12. The molecule has 9 heteroatoms. The number of nitrogens with zero attached hydrogens (tertiary/aromatic N) is 1. The second-order valence-corrected chi connectivity index (χ2v) is 4.60. The van der Waals surface area contributed by atoms with Crippen LogP contribution in [-0.2, 0) is 0 Å². The molecule has 0 saturated heterocycles. The first-order valence-electron chi connectivity index (χ1n) is 6.26. The molecule has 0 spiro atoms. The molecule has 23 heavy (non-hydrogen) atoms. The number of hydrogen-bond donors (Lipinski definition) is 1. The van der Waals surface area contributed by atoms with E-state index in [2.05, 4.69) is 4.74 Å². The summed E-state index contributed by atoms with van der Waals surface area (Å²) in [6, 6.07) is 6.02. The normalized spacial score (nSPS) is 11.3. The van der Waals surface area contributed by atoms with Crippen LogP contribution in [0.1, 0.15) is 10.4 Å². The number of nitrogens with two attached hydrogens (primary N) is 1. The Labute approximate surface area is 126 Å². The van der Waals surface area contributed by atoms with Gasteiger partial charge >= 0.3 is 6.61 Å². The van der Waals surface area contributed by atoms with Crippen molar-refractivity contribution in [1.29, 1.82) is 0 Å². The third-order valence-electron chi connectivity index (χ3n) is 3.26. The number of carbonyl (C=O) groups excluding carboxylic acids is 1. The Kier molecular flexibility index (Phi) is 3.32. The summed E-state index contributed by atoms with van der Waals surface area (Å²) >= 11 is 0. The molecule has 0 bridgehead atoms. The number of benzene rings is 2. The first kappa shape index (κ1) is 14.7. The molecule has 1 aromatic heterocycles. The lowest BCUT2D eigenvalue weighted by Crippen LogP contribution is -2.11. The van der Waals surface area contributed by atoms with Crippen LogP contribution in [0, 0.1) is 10.1 Å². The van der Waals surface area contributed by atoms with Gasteiger partial charge in [0.1, 0.15) is 5.58 Å². The van der Waals surface area contributed by atoms with Gasteiger partial charge in [-0.25, -0.2) is 0 Å². The summed E-state index contributed by atoms with van der Waals surface area (Å²) in [7, 11) is 0. The van der Waals surface area contributed by atoms with Crippen LogP contribution in [0.4, 0.5) is 14.5 Å². The summed E-state index contributed by atoms with van der Waals surface area (Å²) in [5, 5.41) is 11.2. The highest BCUT2D eigenvalue weighted by Crippen LogP contribution is 2.38. The number of amides is 1. The van der Waals surface area contributed by atoms with E-state index in [0.717, 1.165) is 6.07 Å². The van der Waals surface area contributed by atoms with E-state index < -0.39 is 17.4 Å². The number of furan rings is 1. The minimum absolute atomic E-state index is 0.0131. The van der Waals surface area contributed by atoms with Crippen LogP contribution in [0.2, 0.25) is 0 Å². The van der Waals surface area contributed by atoms with E-state index in [-0.39, 0.29) is 38.9 Å². The van der Waals surface area contributed by atoms with Gasteiger partial charge in [-0.1, -0.05) is 0 Å². The second-order valence-electron chi connectivity index (χ2n) is 4.60. The highest BCUT2D eigenvalue weighted by atomic mass is 19.3. The number of nitro benzene ring substituents is 1. The highest BCUT2D eigenvalue weighted by molar-refractivity contribution is 6.17. The number of nitro groups is 1. The van der Waals surface area contributed by atoms with Crippen molar-refractivity contribution < 1.29 is 27.7 Å². The Hall–Kier alpha value is -3.23. The lowest BCUT2D eigenvalue weighted by atomic mass is 10.0. The maximum absolute atomic E-state index is 12.5. The van der Waals surface area contributed by atoms with Crippen molar-refractivity contribution in [2.45, 2.75) is 6.61 Å². The summed E-state index contributed by atoms with van der Waals surface area (Å²) in [4.78, 5) is 21.8. The topological polar surface area (TPSA) is 109 Å². The lowest BCUT2D eigenvalue weighted by molar-refractivity contribution is -0.384. The first-order valence-corrected chi connectivity index (χ1v) is 6.26. The van der Waals surface area contributed by atoms with Gasteiger partial charge in [0.2, 0.25) is 5.91 Å². The number of fused-ring (bicyclic) bond motifs is 3. The summed E-state index contributed by atoms with van der Waals surface area (Å²) in [5.41, 5.74) is 5.07. The molecule has 0 radical (unpaired) electrons. The predicted octanol–water partition coefficient (Wildman–Crippen LogP) is 3.19. The van der Waals surface area contributed by atoms with E-state index in [1.807, 2.05) is 0 Å². The van der Waals surface area contributed by atoms with Gasteiger partial charge in [-0.05, 0) is 18.2 Å². The highest BCUT2D eigenvalue weighted by Gasteiger charge is 2.21. The summed E-state index contributed by atoms with van der Waals surface area (Å²) < 4.78 is 34.8. The quantitative estimate of drug-likeness (QED) is 0.586. The average molecular weight is 322 g/mol. The standard InChI is InChI=1S/C14H8F2N2O5/c15-14(16)23-10-4-2-7(13(17)19)11-8-5-6(18(20)21)1-3-9(8)22-12(10)11/h1-5,14H,(H2,17,19). The van der Waals surface area contributed by atoms with Gasteiger partial charge in [-0.3, -0.25) is 14.9 Å². The van der Waals surface area contributed by atoms with Crippen molar-refractivity contribution in [3.05, 3.63) is 46.0 Å². The van der Waals surface area contributed by atoms with Crippen molar-refractivity contribution in [2.75, 3.05) is 0 Å². The monoisotopic (exact) mass is 322 g/mol. The molecule has 3 aromatic rings. The molecule has 0 saturated carbocycles. The number of non-ortho nitro benzene ring substituents is 1. The third kappa shape index (κ3) is 2.41. The number of hydrogen-bond acceptors (Lipinski definition) is 5. The molecule has 7 nitrogen and oxygen atoms in total. The van der Waals surface area contributed by atoms with Gasteiger partial charge in [0.25, 0.3) is 5.69 Å². The molecule has 1 amide bonds. The number of alkyl halides is 2. The minimum atomic E-state index is -3.10. The van der Waals surface area contributed by atoms with Gasteiger partial charge in [0.05, 0.1) is 10.5 Å². The molecule has 118 valence electrons. The summed E-state index contributed by atoms with van der Waals surface area (Å²) in [5.74, 6) is -1.12. The Balaban J connectivity index is 2.41. The van der Waals surface area contributed by atoms with Gasteiger partial charge in [-0.2, -0.15) is 8.78 Å². The molecule has 3 rings (SSSR count). The van der Waals surface area contributed by atoms with Crippen LogP contribution in [0.25, 0.3) is 21.9 Å². The van der Waals surface area contributed by atoms with Crippen LogP contribution in [0.5, 0.6) is 5.75 Å². The second kappa shape index (κ2) is 5.20. The lowest BCUT2D eigenvalue weighted by Gasteiger charge is -2.06. The van der Waals surface area contributed by atoms with Crippen LogP contribution in [0.15, 0.2) is 34.7 Å². The van der Waals surface area contributed by atoms with E-state index in [1.54, 1.807) is 0 Å². The van der Waals surface area contributed by atoms with Crippen molar-refractivity contribution in [3.8, 4) is 5.75 Å². The summed E-state index contributed by atoms with van der Waals surface area (Å²) in [6.45, 7) is -3.10. The maximum atomic E-state index is 12.5. The number of rotatable bonds is 4. The van der Waals surface area contributed by atoms with Crippen molar-refractivity contribution in [3.63, 3.8) is 0 Å². The fourth-order valence-electron chi connectivity index (χ4n) is 2.35. The Bertz CT molecular complexity index is 951. The molecule has 1 heterocycles. The molecule has 0 aliphatic heterocycles. The van der Waals surface area contributed by atoms with Gasteiger partial charge < -0.3 is 14.9 Å². The van der Waals surface area contributed by atoms with Gasteiger partial charge in [-0.15, -0.1) is 0 Å². The molecular weight excluding hydrogens is 314 g/mol. The number of primary amides is 1. The van der Waals surface area contributed by atoms with Crippen molar-refractivity contribution in [2.24, 2.45) is 5.73 Å². The zero-order valence-electron chi connectivity index (χ0n) is 11.3. The largest absolute Gasteiger partial charge is 0.452 e. The molecule has 2 aromatic carbocycles. The van der Waals surface area contributed by atoms with E-state index >= 15 is 0 Å². The van der Waals surface area contributed by atoms with Gasteiger partial charge in [0, 0.05) is 22.9 Å². The van der Waals surface area contributed by atoms with E-state index in [9.17, 15) is 23.7 Å². The smallest absolute Gasteiger partial charge is 0.387 e. The first-order chi connectivity index (χ1) is 10.9. The zero-order chi connectivity index (χ0) is 16.7. The van der Waals surface area contributed by atoms with Gasteiger partial charge in [0.15, 0.2) is 11.3 Å². The summed E-state index contributed by atoms with van der Waals surface area (Å²) in [6.07, 6.45) is 0. The van der Waals surface area contributed by atoms with Crippen LogP contribution >= 0.6 is 0 Å². The van der Waals surface area contributed by atoms with E-state index in [4.69, 9.17) is 10.2 Å². The molecule has 0 aliphatic rings. The van der Waals surface area contributed by atoms with Crippen LogP contribution in [0.3, 0.4) is 0 Å². The molecule has 0 atom stereocenters. The van der Waals surface area contributed by atoms with Crippen LogP contribution in [-0.4, -0.2) is 17.4 Å².